The van der Waals surface area contributed by atoms with Crippen molar-refractivity contribution in [2.75, 3.05) is 46.9 Å². The highest BCUT2D eigenvalue weighted by molar-refractivity contribution is 5.87. The van der Waals surface area contributed by atoms with Crippen molar-refractivity contribution in [2.45, 2.75) is 33.1 Å². The number of carbonyl (C=O) groups excluding carboxylic acids is 2. The smallest absolute Gasteiger partial charge is 0.356 e. The normalized spacial score (nSPS) is 15.7. The number of pyridine rings is 3. The van der Waals surface area contributed by atoms with E-state index in [2.05, 4.69) is 19.7 Å². The van der Waals surface area contributed by atoms with Gasteiger partial charge in [0, 0.05) is 58.1 Å². The molecule has 1 aliphatic rings. The van der Waals surface area contributed by atoms with E-state index in [9.17, 15) is 9.59 Å². The monoisotopic (exact) mass is 532 g/mol. The lowest BCUT2D eigenvalue weighted by atomic mass is 10.2. The second kappa shape index (κ2) is 13.9. The van der Waals surface area contributed by atoms with Gasteiger partial charge in [0.15, 0.2) is 0 Å². The second-order valence-electron chi connectivity index (χ2n) is 9.67. The molecule has 10 heteroatoms. The summed E-state index contributed by atoms with van der Waals surface area (Å²) in [6.07, 6.45) is 0. The molecule has 0 aromatic carbocycles. The van der Waals surface area contributed by atoms with Crippen LogP contribution in [0.5, 0.6) is 0 Å². The number of hydrogen-bond acceptors (Lipinski definition) is 10. The van der Waals surface area contributed by atoms with E-state index in [-0.39, 0.29) is 12.5 Å². The third-order valence-corrected chi connectivity index (χ3v) is 6.60. The van der Waals surface area contributed by atoms with Gasteiger partial charge >= 0.3 is 11.9 Å². The minimum absolute atomic E-state index is 0.202. The molecule has 10 nitrogen and oxygen atoms in total. The SMILES string of the molecule is COC(=O)CN1CCN(Cc2cccc(C)n2)CCN(Cc2cccc(C(=O)OC)n2)Cc2cccc(n2)C1. The van der Waals surface area contributed by atoms with Crippen molar-refractivity contribution in [3.05, 3.63) is 88.8 Å². The van der Waals surface area contributed by atoms with E-state index in [1.807, 2.05) is 55.5 Å². The van der Waals surface area contributed by atoms with E-state index >= 15 is 0 Å². The Morgan fingerprint density at radius 3 is 2.00 bits per heavy atom. The largest absolute Gasteiger partial charge is 0.468 e. The molecule has 39 heavy (non-hydrogen) atoms. The molecule has 0 N–H and O–H groups in total. The lowest BCUT2D eigenvalue weighted by Crippen LogP contribution is -2.41. The first-order valence-electron chi connectivity index (χ1n) is 13.1. The van der Waals surface area contributed by atoms with Crippen LogP contribution in [0.25, 0.3) is 0 Å². The number of aryl methyl sites for hydroxylation is 1. The summed E-state index contributed by atoms with van der Waals surface area (Å²) in [4.78, 5) is 45.0. The molecule has 3 aromatic rings. The molecule has 0 saturated carbocycles. The second-order valence-corrected chi connectivity index (χ2v) is 9.67. The Labute approximate surface area is 229 Å². The summed E-state index contributed by atoms with van der Waals surface area (Å²) in [5.74, 6) is -0.716. The van der Waals surface area contributed by atoms with Crippen molar-refractivity contribution in [3.8, 4) is 0 Å². The highest BCUT2D eigenvalue weighted by atomic mass is 16.5. The number of nitrogens with zero attached hydrogens (tertiary/aromatic N) is 6. The van der Waals surface area contributed by atoms with Crippen molar-refractivity contribution in [1.82, 2.24) is 29.7 Å². The average Bonchev–Trinajstić information content (AvgIpc) is 2.93. The molecular weight excluding hydrogens is 496 g/mol. The predicted octanol–water partition coefficient (Wildman–Crippen LogP) is 2.46. The van der Waals surface area contributed by atoms with Gasteiger partial charge in [0.25, 0.3) is 0 Å². The fourth-order valence-corrected chi connectivity index (χ4v) is 4.61. The minimum Gasteiger partial charge on any atom is -0.468 e. The molecule has 0 radical (unpaired) electrons. The highest BCUT2D eigenvalue weighted by Gasteiger charge is 2.19. The summed E-state index contributed by atoms with van der Waals surface area (Å²) < 4.78 is 9.80. The van der Waals surface area contributed by atoms with Crippen molar-refractivity contribution in [2.24, 2.45) is 0 Å². The molecule has 0 fully saturated rings. The molecule has 0 saturated heterocycles. The lowest BCUT2D eigenvalue weighted by molar-refractivity contribution is -0.142. The zero-order valence-electron chi connectivity index (χ0n) is 22.9. The maximum absolute atomic E-state index is 12.1. The van der Waals surface area contributed by atoms with Crippen molar-refractivity contribution in [1.29, 1.82) is 0 Å². The zero-order chi connectivity index (χ0) is 27.6. The van der Waals surface area contributed by atoms with Crippen LogP contribution in [0.15, 0.2) is 54.6 Å². The Hall–Kier alpha value is -3.73. The van der Waals surface area contributed by atoms with E-state index in [4.69, 9.17) is 19.4 Å². The first-order valence-corrected chi connectivity index (χ1v) is 13.1. The molecule has 4 rings (SSSR count). The Morgan fingerprint density at radius 1 is 0.718 bits per heavy atom. The number of hydrogen-bond donors (Lipinski definition) is 0. The van der Waals surface area contributed by atoms with Gasteiger partial charge in [-0.3, -0.25) is 29.5 Å². The van der Waals surface area contributed by atoms with Crippen LogP contribution in [0.4, 0.5) is 0 Å². The standard InChI is InChI=1S/C29H36N6O4/c1-22-7-4-8-23(30-22)17-33-13-15-34(20-26-11-6-12-27(32-26)29(37)39-3)18-24-9-5-10-25(31-24)19-35(16-14-33)21-28(36)38-2/h4-12H,13-21H2,1-3H3. The van der Waals surface area contributed by atoms with E-state index in [0.29, 0.717) is 38.4 Å². The van der Waals surface area contributed by atoms with Gasteiger partial charge < -0.3 is 9.47 Å². The molecule has 0 unspecified atom stereocenters. The topological polar surface area (TPSA) is 101 Å². The van der Waals surface area contributed by atoms with Crippen molar-refractivity contribution in [3.63, 3.8) is 0 Å². The molecule has 2 bridgehead atoms. The summed E-state index contributed by atoms with van der Waals surface area (Å²) >= 11 is 0. The van der Waals surface area contributed by atoms with Crippen LogP contribution in [0.3, 0.4) is 0 Å². The van der Waals surface area contributed by atoms with E-state index in [1.54, 1.807) is 6.07 Å². The summed E-state index contributed by atoms with van der Waals surface area (Å²) in [6, 6.07) is 17.5. The Morgan fingerprint density at radius 2 is 1.31 bits per heavy atom. The number of carbonyl (C=O) groups is 2. The van der Waals surface area contributed by atoms with Crippen LogP contribution >= 0.6 is 0 Å². The summed E-state index contributed by atoms with van der Waals surface area (Å²) in [6.45, 7) is 7.56. The predicted molar refractivity (Wildman–Crippen MR) is 145 cm³/mol. The van der Waals surface area contributed by atoms with Gasteiger partial charge in [0.2, 0.25) is 0 Å². The third-order valence-electron chi connectivity index (χ3n) is 6.60. The van der Waals surface area contributed by atoms with Crippen LogP contribution in [0.2, 0.25) is 0 Å². The maximum Gasteiger partial charge on any atom is 0.356 e. The number of esters is 2. The third kappa shape index (κ3) is 8.64. The van der Waals surface area contributed by atoms with Gasteiger partial charge in [-0.25, -0.2) is 9.78 Å². The maximum atomic E-state index is 12.1. The van der Waals surface area contributed by atoms with Gasteiger partial charge in [-0.1, -0.05) is 18.2 Å². The Kier molecular flexibility index (Phi) is 10.1. The molecule has 3 aromatic heterocycles. The molecule has 0 atom stereocenters. The number of methoxy groups -OCH3 is 2. The minimum atomic E-state index is -0.451. The van der Waals surface area contributed by atoms with E-state index in [1.165, 1.54) is 14.2 Å². The Bertz CT molecular complexity index is 1270. The first kappa shape index (κ1) is 28.3. The lowest BCUT2D eigenvalue weighted by Gasteiger charge is -2.30. The van der Waals surface area contributed by atoms with Crippen LogP contribution in [-0.2, 0) is 40.4 Å². The molecule has 0 aliphatic carbocycles. The number of ether oxygens (including phenoxy) is 2. The zero-order valence-corrected chi connectivity index (χ0v) is 22.9. The van der Waals surface area contributed by atoms with Gasteiger partial charge in [0.05, 0.1) is 43.5 Å². The molecule has 1 aliphatic heterocycles. The molecular formula is C29H36N6O4. The molecule has 4 heterocycles. The van der Waals surface area contributed by atoms with Crippen LogP contribution in [0, 0.1) is 6.92 Å². The Balaban J connectivity index is 1.59. The fourth-order valence-electron chi connectivity index (χ4n) is 4.61. The van der Waals surface area contributed by atoms with Gasteiger partial charge in [0.1, 0.15) is 5.69 Å². The van der Waals surface area contributed by atoms with Gasteiger partial charge in [-0.2, -0.15) is 0 Å². The molecule has 206 valence electrons. The van der Waals surface area contributed by atoms with Crippen molar-refractivity contribution >= 4 is 11.9 Å². The fraction of sp³-hybridized carbons (Fsp3) is 0.414. The number of fused-ring (bicyclic) bond motifs is 2. The van der Waals surface area contributed by atoms with Crippen LogP contribution < -0.4 is 0 Å². The quantitative estimate of drug-likeness (QED) is 0.422. The first-order chi connectivity index (χ1) is 18.9. The van der Waals surface area contributed by atoms with Crippen LogP contribution in [0.1, 0.15) is 39.0 Å². The highest BCUT2D eigenvalue weighted by Crippen LogP contribution is 2.13. The summed E-state index contributed by atoms with van der Waals surface area (Å²) in [5.41, 5.74) is 4.90. The number of rotatable bonds is 7. The van der Waals surface area contributed by atoms with Crippen molar-refractivity contribution < 1.29 is 19.1 Å². The molecule has 0 amide bonds. The van der Waals surface area contributed by atoms with Gasteiger partial charge in [-0.05, 0) is 43.3 Å². The average molecular weight is 533 g/mol. The summed E-state index contributed by atoms with van der Waals surface area (Å²) in [7, 11) is 2.77. The van der Waals surface area contributed by atoms with E-state index < -0.39 is 5.97 Å². The number of aromatic nitrogens is 3. The van der Waals surface area contributed by atoms with Crippen LogP contribution in [-0.4, -0.2) is 88.5 Å². The summed E-state index contributed by atoms with van der Waals surface area (Å²) in [5, 5.41) is 0. The van der Waals surface area contributed by atoms with E-state index in [0.717, 1.165) is 48.1 Å². The van der Waals surface area contributed by atoms with Gasteiger partial charge in [-0.15, -0.1) is 0 Å². The molecule has 0 spiro atoms.